The summed E-state index contributed by atoms with van der Waals surface area (Å²) >= 11 is 0. The Labute approximate surface area is 115 Å². The minimum Gasteiger partial charge on any atom is -0.389 e. The van der Waals surface area contributed by atoms with Crippen molar-refractivity contribution >= 4 is 6.03 Å². The van der Waals surface area contributed by atoms with Crippen molar-refractivity contribution in [3.8, 4) is 0 Å². The largest absolute Gasteiger partial charge is 0.389 e. The zero-order valence-corrected chi connectivity index (χ0v) is 12.2. The molecule has 0 atom stereocenters. The summed E-state index contributed by atoms with van der Waals surface area (Å²) in [5.74, 6) is 0. The molecule has 0 aromatic heterocycles. The van der Waals surface area contributed by atoms with E-state index in [-0.39, 0.29) is 6.03 Å². The SMILES string of the molecule is CCc1ccccc1CNC(=O)N(C)CC(C)(C)O. The second-order valence-corrected chi connectivity index (χ2v) is 5.45. The van der Waals surface area contributed by atoms with Crippen LogP contribution in [0.25, 0.3) is 0 Å². The lowest BCUT2D eigenvalue weighted by Gasteiger charge is -2.25. The number of carbonyl (C=O) groups is 1. The Balaban J connectivity index is 2.54. The molecule has 0 bridgehead atoms. The number of carbonyl (C=O) groups excluding carboxylic acids is 1. The Hall–Kier alpha value is -1.55. The zero-order valence-electron chi connectivity index (χ0n) is 12.2. The number of hydrogen-bond acceptors (Lipinski definition) is 2. The van der Waals surface area contributed by atoms with E-state index in [1.165, 1.54) is 10.5 Å². The Morgan fingerprint density at radius 3 is 2.42 bits per heavy atom. The van der Waals surface area contributed by atoms with Crippen molar-refractivity contribution in [1.29, 1.82) is 0 Å². The van der Waals surface area contributed by atoms with Crippen LogP contribution in [0.3, 0.4) is 0 Å². The van der Waals surface area contributed by atoms with Gasteiger partial charge in [0, 0.05) is 13.6 Å². The molecule has 0 aliphatic carbocycles. The lowest BCUT2D eigenvalue weighted by Crippen LogP contribution is -2.44. The lowest BCUT2D eigenvalue weighted by molar-refractivity contribution is 0.0531. The predicted molar refractivity (Wildman–Crippen MR) is 77.0 cm³/mol. The van der Waals surface area contributed by atoms with Gasteiger partial charge < -0.3 is 15.3 Å². The number of aliphatic hydroxyl groups is 1. The van der Waals surface area contributed by atoms with Crippen molar-refractivity contribution in [2.45, 2.75) is 39.3 Å². The van der Waals surface area contributed by atoms with Crippen molar-refractivity contribution in [3.63, 3.8) is 0 Å². The van der Waals surface area contributed by atoms with Crippen LogP contribution in [0.1, 0.15) is 31.9 Å². The first kappa shape index (κ1) is 15.5. The topological polar surface area (TPSA) is 52.6 Å². The summed E-state index contributed by atoms with van der Waals surface area (Å²) < 4.78 is 0. The molecule has 106 valence electrons. The molecule has 0 spiro atoms. The second kappa shape index (κ2) is 6.57. The van der Waals surface area contributed by atoms with E-state index in [4.69, 9.17) is 0 Å². The van der Waals surface area contributed by atoms with Crippen LogP contribution < -0.4 is 5.32 Å². The molecule has 0 aliphatic heterocycles. The van der Waals surface area contributed by atoms with E-state index in [1.54, 1.807) is 20.9 Å². The van der Waals surface area contributed by atoms with Gasteiger partial charge in [-0.05, 0) is 31.4 Å². The van der Waals surface area contributed by atoms with E-state index in [2.05, 4.69) is 18.3 Å². The number of likely N-dealkylation sites (N-methyl/N-ethyl adjacent to an activating group) is 1. The molecule has 2 N–H and O–H groups in total. The maximum Gasteiger partial charge on any atom is 0.317 e. The maximum absolute atomic E-state index is 11.9. The van der Waals surface area contributed by atoms with E-state index >= 15 is 0 Å². The van der Waals surface area contributed by atoms with Crippen molar-refractivity contribution in [3.05, 3.63) is 35.4 Å². The molecule has 0 saturated heterocycles. The van der Waals surface area contributed by atoms with Gasteiger partial charge in [0.25, 0.3) is 0 Å². The quantitative estimate of drug-likeness (QED) is 0.856. The highest BCUT2D eigenvalue weighted by molar-refractivity contribution is 5.73. The summed E-state index contributed by atoms with van der Waals surface area (Å²) in [6, 6.07) is 7.90. The molecular weight excluding hydrogens is 240 g/mol. The highest BCUT2D eigenvalue weighted by Crippen LogP contribution is 2.09. The first-order valence-electron chi connectivity index (χ1n) is 6.61. The molecule has 1 aromatic rings. The van der Waals surface area contributed by atoms with Gasteiger partial charge in [-0.15, -0.1) is 0 Å². The third-order valence-corrected chi connectivity index (χ3v) is 2.90. The fraction of sp³-hybridized carbons (Fsp3) is 0.533. The van der Waals surface area contributed by atoms with E-state index in [0.717, 1.165) is 12.0 Å². The van der Waals surface area contributed by atoms with Gasteiger partial charge in [-0.25, -0.2) is 4.79 Å². The predicted octanol–water partition coefficient (Wildman–Crippen LogP) is 2.16. The Morgan fingerprint density at radius 2 is 1.89 bits per heavy atom. The van der Waals surface area contributed by atoms with Gasteiger partial charge in [-0.3, -0.25) is 0 Å². The van der Waals surface area contributed by atoms with Crippen LogP contribution in [0, 0.1) is 0 Å². The molecule has 4 nitrogen and oxygen atoms in total. The minimum absolute atomic E-state index is 0.173. The average molecular weight is 264 g/mol. The summed E-state index contributed by atoms with van der Waals surface area (Å²) in [7, 11) is 1.68. The van der Waals surface area contributed by atoms with E-state index in [1.807, 2.05) is 18.2 Å². The summed E-state index contributed by atoms with van der Waals surface area (Å²) in [5.41, 5.74) is 1.50. The van der Waals surface area contributed by atoms with Gasteiger partial charge in [-0.2, -0.15) is 0 Å². The van der Waals surface area contributed by atoms with Crippen LogP contribution in [-0.2, 0) is 13.0 Å². The number of nitrogens with zero attached hydrogens (tertiary/aromatic N) is 1. The molecule has 0 heterocycles. The molecule has 19 heavy (non-hydrogen) atoms. The summed E-state index contributed by atoms with van der Waals surface area (Å²) in [4.78, 5) is 13.4. The van der Waals surface area contributed by atoms with Crippen LogP contribution in [0.2, 0.25) is 0 Å². The highest BCUT2D eigenvalue weighted by atomic mass is 16.3. The van der Waals surface area contributed by atoms with Crippen LogP contribution in [0.15, 0.2) is 24.3 Å². The molecule has 2 amide bonds. The van der Waals surface area contributed by atoms with Crippen LogP contribution in [0.5, 0.6) is 0 Å². The normalized spacial score (nSPS) is 11.2. The van der Waals surface area contributed by atoms with Gasteiger partial charge in [-0.1, -0.05) is 31.2 Å². The monoisotopic (exact) mass is 264 g/mol. The fourth-order valence-electron chi connectivity index (χ4n) is 2.03. The Morgan fingerprint density at radius 1 is 1.32 bits per heavy atom. The van der Waals surface area contributed by atoms with Gasteiger partial charge in [0.1, 0.15) is 0 Å². The standard InChI is InChI=1S/C15H24N2O2/c1-5-12-8-6-7-9-13(12)10-16-14(18)17(4)11-15(2,3)19/h6-9,19H,5,10-11H2,1-4H3,(H,16,18). The van der Waals surface area contributed by atoms with E-state index < -0.39 is 5.60 Å². The summed E-state index contributed by atoms with van der Waals surface area (Å²) in [6.07, 6.45) is 0.950. The maximum atomic E-state index is 11.9. The van der Waals surface area contributed by atoms with Crippen molar-refractivity contribution in [1.82, 2.24) is 10.2 Å². The molecule has 4 heteroatoms. The fourth-order valence-corrected chi connectivity index (χ4v) is 2.03. The third-order valence-electron chi connectivity index (χ3n) is 2.90. The van der Waals surface area contributed by atoms with Gasteiger partial charge >= 0.3 is 6.03 Å². The number of urea groups is 1. The lowest BCUT2D eigenvalue weighted by atomic mass is 10.1. The molecule has 0 unspecified atom stereocenters. The molecule has 0 saturated carbocycles. The van der Waals surface area contributed by atoms with Crippen molar-refractivity contribution in [2.75, 3.05) is 13.6 Å². The van der Waals surface area contributed by atoms with Gasteiger partial charge in [0.05, 0.1) is 12.1 Å². The molecule has 0 fully saturated rings. The minimum atomic E-state index is -0.882. The number of hydrogen-bond donors (Lipinski definition) is 2. The van der Waals surface area contributed by atoms with Crippen molar-refractivity contribution in [2.24, 2.45) is 0 Å². The molecule has 1 rings (SSSR count). The van der Waals surface area contributed by atoms with Crippen LogP contribution in [0.4, 0.5) is 4.79 Å². The summed E-state index contributed by atoms with van der Waals surface area (Å²) in [5, 5.41) is 12.6. The number of amides is 2. The molecular formula is C15H24N2O2. The Bertz CT molecular complexity index is 424. The van der Waals surface area contributed by atoms with Gasteiger partial charge in [0.15, 0.2) is 0 Å². The van der Waals surface area contributed by atoms with Gasteiger partial charge in [0.2, 0.25) is 0 Å². The highest BCUT2D eigenvalue weighted by Gasteiger charge is 2.19. The van der Waals surface area contributed by atoms with Crippen LogP contribution >= 0.6 is 0 Å². The van der Waals surface area contributed by atoms with Crippen LogP contribution in [-0.4, -0.2) is 35.2 Å². The smallest absolute Gasteiger partial charge is 0.317 e. The van der Waals surface area contributed by atoms with E-state index in [9.17, 15) is 9.90 Å². The number of rotatable bonds is 5. The summed E-state index contributed by atoms with van der Waals surface area (Å²) in [6.45, 7) is 6.28. The first-order valence-corrected chi connectivity index (χ1v) is 6.61. The molecule has 0 radical (unpaired) electrons. The number of nitrogens with one attached hydrogen (secondary N) is 1. The van der Waals surface area contributed by atoms with Crippen molar-refractivity contribution < 1.29 is 9.90 Å². The first-order chi connectivity index (χ1) is 8.83. The number of benzene rings is 1. The molecule has 0 aliphatic rings. The third kappa shape index (κ3) is 5.30. The average Bonchev–Trinajstić information content (AvgIpc) is 2.34. The number of aryl methyl sites for hydroxylation is 1. The second-order valence-electron chi connectivity index (χ2n) is 5.45. The Kier molecular flexibility index (Phi) is 5.36. The van der Waals surface area contributed by atoms with E-state index in [0.29, 0.717) is 13.1 Å². The zero-order chi connectivity index (χ0) is 14.5. The molecule has 1 aromatic carbocycles.